The molecule has 5 nitrogen and oxygen atoms in total. The third-order valence-electron chi connectivity index (χ3n) is 2.78. The largest absolute Gasteiger partial charge is 0.491 e. The lowest BCUT2D eigenvalue weighted by molar-refractivity contribution is 0.0933. The lowest BCUT2D eigenvalue weighted by Crippen LogP contribution is -2.27. The Morgan fingerprint density at radius 1 is 1.41 bits per heavy atom. The number of hydrogen-bond acceptors (Lipinski definition) is 5. The molecular formula is C16H20N2O3S. The number of carbonyl (C=O) groups is 1. The number of ether oxygens (including phenoxy) is 2. The molecule has 0 atom stereocenters. The predicted octanol–water partition coefficient (Wildman–Crippen LogP) is 2.97. The number of aromatic nitrogens is 1. The molecule has 2 rings (SSSR count). The Morgan fingerprint density at radius 3 is 2.95 bits per heavy atom. The van der Waals surface area contributed by atoms with Crippen molar-refractivity contribution >= 4 is 17.2 Å². The average Bonchev–Trinajstić information content (AvgIpc) is 2.97. The molecule has 0 unspecified atom stereocenters. The van der Waals surface area contributed by atoms with E-state index in [9.17, 15) is 4.79 Å². The molecule has 1 N–H and O–H groups in total. The zero-order chi connectivity index (χ0) is 15.9. The first kappa shape index (κ1) is 16.5. The monoisotopic (exact) mass is 320 g/mol. The van der Waals surface area contributed by atoms with Gasteiger partial charge in [-0.2, -0.15) is 0 Å². The zero-order valence-corrected chi connectivity index (χ0v) is 13.8. The first-order chi connectivity index (χ1) is 10.6. The van der Waals surface area contributed by atoms with Gasteiger partial charge in [0.2, 0.25) is 0 Å². The van der Waals surface area contributed by atoms with Crippen LogP contribution < -0.4 is 10.1 Å². The minimum Gasteiger partial charge on any atom is -0.491 e. The Hall–Kier alpha value is -1.92. The van der Waals surface area contributed by atoms with Crippen LogP contribution >= 0.6 is 11.3 Å². The number of methoxy groups -OCH3 is 1. The normalized spacial score (nSPS) is 10.7. The number of benzene rings is 1. The second-order valence-electron chi connectivity index (χ2n) is 4.98. The Kier molecular flexibility index (Phi) is 5.91. The number of thiazole rings is 1. The van der Waals surface area contributed by atoms with Gasteiger partial charge in [-0.15, -0.1) is 11.3 Å². The first-order valence-electron chi connectivity index (χ1n) is 7.10. The van der Waals surface area contributed by atoms with Crippen molar-refractivity contribution in [3.8, 4) is 16.3 Å². The summed E-state index contributed by atoms with van der Waals surface area (Å²) in [5.41, 5.74) is 1.37. The van der Waals surface area contributed by atoms with E-state index in [1.807, 2.05) is 38.1 Å². The minimum atomic E-state index is -0.186. The Labute approximate surface area is 134 Å². The molecule has 1 aromatic carbocycles. The molecule has 22 heavy (non-hydrogen) atoms. The van der Waals surface area contributed by atoms with Crippen molar-refractivity contribution in [2.45, 2.75) is 20.0 Å². The highest BCUT2D eigenvalue weighted by Crippen LogP contribution is 2.27. The van der Waals surface area contributed by atoms with Crippen LogP contribution in [0, 0.1) is 0 Å². The zero-order valence-electron chi connectivity index (χ0n) is 13.0. The summed E-state index contributed by atoms with van der Waals surface area (Å²) >= 11 is 1.44. The summed E-state index contributed by atoms with van der Waals surface area (Å²) in [5.74, 6) is 0.614. The molecule has 0 aliphatic carbocycles. The highest BCUT2D eigenvalue weighted by molar-refractivity contribution is 7.13. The standard InChI is InChI=1S/C16H20N2O3S/c1-11(2)21-13-6-4-5-12(9-13)16-18-14(10-22-16)15(19)17-7-8-20-3/h4-6,9-11H,7-8H2,1-3H3,(H,17,19). The number of hydrogen-bond donors (Lipinski definition) is 1. The van der Waals surface area contributed by atoms with E-state index in [0.717, 1.165) is 16.3 Å². The Balaban J connectivity index is 2.09. The molecule has 0 saturated carbocycles. The van der Waals surface area contributed by atoms with Crippen molar-refractivity contribution in [3.05, 3.63) is 35.3 Å². The van der Waals surface area contributed by atoms with Crippen LogP contribution in [0.4, 0.5) is 0 Å². The van der Waals surface area contributed by atoms with E-state index in [1.165, 1.54) is 11.3 Å². The van der Waals surface area contributed by atoms with Gasteiger partial charge in [-0.1, -0.05) is 12.1 Å². The predicted molar refractivity (Wildman–Crippen MR) is 87.5 cm³/mol. The van der Waals surface area contributed by atoms with Crippen molar-refractivity contribution < 1.29 is 14.3 Å². The second-order valence-corrected chi connectivity index (χ2v) is 5.84. The molecule has 0 radical (unpaired) electrons. The van der Waals surface area contributed by atoms with Crippen LogP contribution in [0.1, 0.15) is 24.3 Å². The van der Waals surface area contributed by atoms with E-state index in [1.54, 1.807) is 12.5 Å². The topological polar surface area (TPSA) is 60.5 Å². The van der Waals surface area contributed by atoms with Crippen molar-refractivity contribution in [1.29, 1.82) is 0 Å². The van der Waals surface area contributed by atoms with Crippen molar-refractivity contribution in [2.75, 3.05) is 20.3 Å². The van der Waals surface area contributed by atoms with Gasteiger partial charge in [-0.05, 0) is 26.0 Å². The fraction of sp³-hybridized carbons (Fsp3) is 0.375. The number of amides is 1. The molecular weight excluding hydrogens is 300 g/mol. The van der Waals surface area contributed by atoms with E-state index >= 15 is 0 Å². The van der Waals surface area contributed by atoms with Crippen LogP contribution in [0.3, 0.4) is 0 Å². The third kappa shape index (κ3) is 4.54. The number of nitrogens with zero attached hydrogens (tertiary/aromatic N) is 1. The van der Waals surface area contributed by atoms with Crippen molar-refractivity contribution in [1.82, 2.24) is 10.3 Å². The molecule has 6 heteroatoms. The molecule has 0 bridgehead atoms. The lowest BCUT2D eigenvalue weighted by atomic mass is 10.2. The summed E-state index contributed by atoms with van der Waals surface area (Å²) in [7, 11) is 1.60. The van der Waals surface area contributed by atoms with E-state index in [0.29, 0.717) is 18.8 Å². The average molecular weight is 320 g/mol. The van der Waals surface area contributed by atoms with Crippen LogP contribution in [-0.4, -0.2) is 37.3 Å². The van der Waals surface area contributed by atoms with E-state index in [2.05, 4.69) is 10.3 Å². The summed E-state index contributed by atoms with van der Waals surface area (Å²) < 4.78 is 10.6. The maximum Gasteiger partial charge on any atom is 0.270 e. The van der Waals surface area contributed by atoms with Crippen LogP contribution in [0.15, 0.2) is 29.6 Å². The minimum absolute atomic E-state index is 0.119. The molecule has 118 valence electrons. The van der Waals surface area contributed by atoms with Gasteiger partial charge in [0, 0.05) is 24.6 Å². The SMILES string of the molecule is COCCNC(=O)c1csc(-c2cccc(OC(C)C)c2)n1. The summed E-state index contributed by atoms with van der Waals surface area (Å²) in [6.45, 7) is 4.92. The molecule has 0 aliphatic heterocycles. The van der Waals surface area contributed by atoms with Crippen molar-refractivity contribution in [2.24, 2.45) is 0 Å². The number of rotatable bonds is 7. The molecule has 2 aromatic rings. The number of carbonyl (C=O) groups excluding carboxylic acids is 1. The number of nitrogens with one attached hydrogen (secondary N) is 1. The van der Waals surface area contributed by atoms with E-state index in [-0.39, 0.29) is 12.0 Å². The van der Waals surface area contributed by atoms with Gasteiger partial charge < -0.3 is 14.8 Å². The summed E-state index contributed by atoms with van der Waals surface area (Å²) in [5, 5.41) is 5.31. The van der Waals surface area contributed by atoms with Gasteiger partial charge >= 0.3 is 0 Å². The van der Waals surface area contributed by atoms with Gasteiger partial charge in [0.1, 0.15) is 16.5 Å². The smallest absolute Gasteiger partial charge is 0.270 e. The van der Waals surface area contributed by atoms with Crippen LogP contribution in [-0.2, 0) is 4.74 Å². The van der Waals surface area contributed by atoms with Crippen LogP contribution in [0.25, 0.3) is 10.6 Å². The quantitative estimate of drug-likeness (QED) is 0.797. The first-order valence-corrected chi connectivity index (χ1v) is 7.98. The summed E-state index contributed by atoms with van der Waals surface area (Å²) in [6.07, 6.45) is 0.119. The van der Waals surface area contributed by atoms with Crippen LogP contribution in [0.5, 0.6) is 5.75 Å². The second kappa shape index (κ2) is 7.91. The maximum atomic E-state index is 11.9. The highest BCUT2D eigenvalue weighted by Gasteiger charge is 2.12. The molecule has 0 saturated heterocycles. The van der Waals surface area contributed by atoms with E-state index in [4.69, 9.17) is 9.47 Å². The fourth-order valence-corrected chi connectivity index (χ4v) is 2.64. The highest BCUT2D eigenvalue weighted by atomic mass is 32.1. The molecule has 1 aromatic heterocycles. The van der Waals surface area contributed by atoms with Gasteiger partial charge in [-0.25, -0.2) is 4.98 Å². The molecule has 0 aliphatic rings. The summed E-state index contributed by atoms with van der Waals surface area (Å²) in [4.78, 5) is 16.3. The molecule has 1 heterocycles. The molecule has 0 fully saturated rings. The fourth-order valence-electron chi connectivity index (χ4n) is 1.84. The molecule has 1 amide bonds. The Morgan fingerprint density at radius 2 is 2.23 bits per heavy atom. The van der Waals surface area contributed by atoms with Gasteiger partial charge in [0.15, 0.2) is 0 Å². The summed E-state index contributed by atoms with van der Waals surface area (Å²) in [6, 6.07) is 7.73. The van der Waals surface area contributed by atoms with E-state index < -0.39 is 0 Å². The van der Waals surface area contributed by atoms with Gasteiger partial charge in [-0.3, -0.25) is 4.79 Å². The van der Waals surface area contributed by atoms with Crippen LogP contribution in [0.2, 0.25) is 0 Å². The van der Waals surface area contributed by atoms with Crippen molar-refractivity contribution in [3.63, 3.8) is 0 Å². The maximum absolute atomic E-state index is 11.9. The third-order valence-corrected chi connectivity index (χ3v) is 3.67. The molecule has 0 spiro atoms. The Bertz CT molecular complexity index is 625. The van der Waals surface area contributed by atoms with Gasteiger partial charge in [0.05, 0.1) is 12.7 Å². The van der Waals surface area contributed by atoms with Gasteiger partial charge in [0.25, 0.3) is 5.91 Å². The lowest BCUT2D eigenvalue weighted by Gasteiger charge is -2.10.